The van der Waals surface area contributed by atoms with Crippen molar-refractivity contribution in [3.8, 4) is 5.75 Å². The number of carbonyl (C=O) groups excluding carboxylic acids is 1. The topological polar surface area (TPSA) is 67.0 Å². The smallest absolute Gasteiger partial charge is 0.258 e. The second-order valence-corrected chi connectivity index (χ2v) is 4.94. The van der Waals surface area contributed by atoms with E-state index < -0.39 is 0 Å². The van der Waals surface area contributed by atoms with E-state index in [1.54, 1.807) is 12.3 Å². The lowest BCUT2D eigenvalue weighted by Gasteiger charge is -2.08. The molecule has 0 radical (unpaired) electrons. The van der Waals surface area contributed by atoms with Crippen molar-refractivity contribution in [2.24, 2.45) is 0 Å². The average Bonchev–Trinajstić information content (AvgIpc) is 2.88. The normalized spacial score (nSPS) is 10.2. The monoisotopic (exact) mass is 323 g/mol. The summed E-state index contributed by atoms with van der Waals surface area (Å²) in [6.45, 7) is 2.39. The first-order chi connectivity index (χ1) is 9.15. The SMILES string of the molecule is Cc1ccc(OCC(=O)NCc2ccn[nH]2)c(Br)c1. The molecule has 1 aromatic carbocycles. The molecule has 0 saturated heterocycles. The average molecular weight is 324 g/mol. The minimum Gasteiger partial charge on any atom is -0.483 e. The molecule has 2 N–H and O–H groups in total. The number of nitrogens with zero attached hydrogens (tertiary/aromatic N) is 1. The predicted octanol–water partition coefficient (Wildman–Crippen LogP) is 2.18. The molecular formula is C13H14BrN3O2. The Balaban J connectivity index is 1.80. The van der Waals surface area contributed by atoms with Gasteiger partial charge in [-0.15, -0.1) is 0 Å². The lowest BCUT2D eigenvalue weighted by atomic mass is 10.2. The fourth-order valence-corrected chi connectivity index (χ4v) is 2.10. The van der Waals surface area contributed by atoms with Crippen LogP contribution in [0.2, 0.25) is 0 Å². The standard InChI is InChI=1S/C13H14BrN3O2/c1-9-2-3-12(11(14)6-9)19-8-13(18)15-7-10-4-5-16-17-10/h2-6H,7-8H2,1H3,(H,15,18)(H,16,17). The maximum absolute atomic E-state index is 11.6. The summed E-state index contributed by atoms with van der Waals surface area (Å²) in [6.07, 6.45) is 1.64. The van der Waals surface area contributed by atoms with Gasteiger partial charge in [-0.1, -0.05) is 6.07 Å². The van der Waals surface area contributed by atoms with Crippen LogP contribution in [0.5, 0.6) is 5.75 Å². The van der Waals surface area contributed by atoms with Crippen molar-refractivity contribution in [1.82, 2.24) is 15.5 Å². The first-order valence-electron chi connectivity index (χ1n) is 5.79. The summed E-state index contributed by atoms with van der Waals surface area (Å²) in [6, 6.07) is 7.51. The highest BCUT2D eigenvalue weighted by atomic mass is 79.9. The van der Waals surface area contributed by atoms with Crippen LogP contribution in [0.15, 0.2) is 34.9 Å². The zero-order valence-corrected chi connectivity index (χ0v) is 12.0. The van der Waals surface area contributed by atoms with Gasteiger partial charge in [0, 0.05) is 6.20 Å². The third-order valence-electron chi connectivity index (χ3n) is 2.48. The van der Waals surface area contributed by atoms with Crippen LogP contribution in [0.4, 0.5) is 0 Å². The van der Waals surface area contributed by atoms with E-state index in [0.29, 0.717) is 12.3 Å². The van der Waals surface area contributed by atoms with Crippen molar-refractivity contribution >= 4 is 21.8 Å². The molecular weight excluding hydrogens is 310 g/mol. The van der Waals surface area contributed by atoms with Gasteiger partial charge in [-0.25, -0.2) is 0 Å². The Hall–Kier alpha value is -1.82. The molecule has 0 spiro atoms. The van der Waals surface area contributed by atoms with Crippen LogP contribution < -0.4 is 10.1 Å². The van der Waals surface area contributed by atoms with E-state index in [0.717, 1.165) is 15.7 Å². The molecule has 0 bridgehead atoms. The maximum atomic E-state index is 11.6. The summed E-state index contributed by atoms with van der Waals surface area (Å²) in [7, 11) is 0. The maximum Gasteiger partial charge on any atom is 0.258 e. The Morgan fingerprint density at radius 2 is 2.32 bits per heavy atom. The third-order valence-corrected chi connectivity index (χ3v) is 3.10. The molecule has 0 aliphatic heterocycles. The van der Waals surface area contributed by atoms with E-state index in [1.165, 1.54) is 0 Å². The van der Waals surface area contributed by atoms with Crippen molar-refractivity contribution in [2.45, 2.75) is 13.5 Å². The van der Waals surface area contributed by atoms with Crippen LogP contribution in [-0.4, -0.2) is 22.7 Å². The number of amides is 1. The summed E-state index contributed by atoms with van der Waals surface area (Å²) in [5, 5.41) is 9.30. The first-order valence-corrected chi connectivity index (χ1v) is 6.58. The van der Waals surface area contributed by atoms with E-state index in [1.807, 2.05) is 25.1 Å². The van der Waals surface area contributed by atoms with Gasteiger partial charge in [-0.05, 0) is 46.6 Å². The third kappa shape index (κ3) is 4.10. The fourth-order valence-electron chi connectivity index (χ4n) is 1.49. The number of rotatable bonds is 5. The summed E-state index contributed by atoms with van der Waals surface area (Å²) in [5.41, 5.74) is 1.98. The van der Waals surface area contributed by atoms with Gasteiger partial charge in [0.1, 0.15) is 5.75 Å². The molecule has 0 aliphatic carbocycles. The van der Waals surface area contributed by atoms with E-state index in [-0.39, 0.29) is 12.5 Å². The van der Waals surface area contributed by atoms with Crippen LogP contribution >= 0.6 is 15.9 Å². The molecule has 2 rings (SSSR count). The quantitative estimate of drug-likeness (QED) is 0.886. The Morgan fingerprint density at radius 1 is 1.47 bits per heavy atom. The van der Waals surface area contributed by atoms with Crippen LogP contribution in [-0.2, 0) is 11.3 Å². The highest BCUT2D eigenvalue weighted by Gasteiger charge is 2.06. The number of aromatic amines is 1. The molecule has 0 unspecified atom stereocenters. The first kappa shape index (κ1) is 13.6. The molecule has 0 atom stereocenters. The van der Waals surface area contributed by atoms with Crippen molar-refractivity contribution < 1.29 is 9.53 Å². The largest absolute Gasteiger partial charge is 0.483 e. The minimum absolute atomic E-state index is 0.0181. The van der Waals surface area contributed by atoms with Gasteiger partial charge >= 0.3 is 0 Å². The number of nitrogens with one attached hydrogen (secondary N) is 2. The van der Waals surface area contributed by atoms with E-state index in [9.17, 15) is 4.79 Å². The van der Waals surface area contributed by atoms with Crippen LogP contribution in [0.25, 0.3) is 0 Å². The molecule has 6 heteroatoms. The number of benzene rings is 1. The van der Waals surface area contributed by atoms with Gasteiger partial charge < -0.3 is 10.1 Å². The van der Waals surface area contributed by atoms with Gasteiger partial charge in [-0.3, -0.25) is 9.89 Å². The Morgan fingerprint density at radius 3 is 3.00 bits per heavy atom. The van der Waals surface area contributed by atoms with Gasteiger partial charge in [0.15, 0.2) is 6.61 Å². The summed E-state index contributed by atoms with van der Waals surface area (Å²) < 4.78 is 6.28. The van der Waals surface area contributed by atoms with Crippen LogP contribution in [0.1, 0.15) is 11.3 Å². The molecule has 100 valence electrons. The van der Waals surface area contributed by atoms with Crippen molar-refractivity contribution in [3.05, 3.63) is 46.2 Å². The van der Waals surface area contributed by atoms with Gasteiger partial charge in [-0.2, -0.15) is 5.10 Å². The number of carbonyl (C=O) groups is 1. The molecule has 5 nitrogen and oxygen atoms in total. The number of hydrogen-bond acceptors (Lipinski definition) is 3. The lowest BCUT2D eigenvalue weighted by Crippen LogP contribution is -2.28. The number of hydrogen-bond donors (Lipinski definition) is 2. The van der Waals surface area contributed by atoms with Crippen molar-refractivity contribution in [3.63, 3.8) is 0 Å². The number of ether oxygens (including phenoxy) is 1. The summed E-state index contributed by atoms with van der Waals surface area (Å²) in [4.78, 5) is 11.6. The van der Waals surface area contributed by atoms with Crippen LogP contribution in [0, 0.1) is 6.92 Å². The highest BCUT2D eigenvalue weighted by molar-refractivity contribution is 9.10. The summed E-state index contributed by atoms with van der Waals surface area (Å²) in [5.74, 6) is 0.476. The van der Waals surface area contributed by atoms with Crippen molar-refractivity contribution in [2.75, 3.05) is 6.61 Å². The Labute approximate surface area is 119 Å². The van der Waals surface area contributed by atoms with Crippen LogP contribution in [0.3, 0.4) is 0 Å². The molecule has 2 aromatic rings. The Bertz CT molecular complexity index is 555. The molecule has 1 amide bonds. The number of H-pyrrole nitrogens is 1. The Kier molecular flexibility index (Phi) is 4.57. The van der Waals surface area contributed by atoms with E-state index >= 15 is 0 Å². The second-order valence-electron chi connectivity index (χ2n) is 4.08. The zero-order chi connectivity index (χ0) is 13.7. The number of halogens is 1. The lowest BCUT2D eigenvalue weighted by molar-refractivity contribution is -0.123. The predicted molar refractivity (Wildman–Crippen MR) is 74.8 cm³/mol. The van der Waals surface area contributed by atoms with Crippen molar-refractivity contribution in [1.29, 1.82) is 0 Å². The summed E-state index contributed by atoms with van der Waals surface area (Å²) >= 11 is 3.40. The zero-order valence-electron chi connectivity index (χ0n) is 10.4. The molecule has 1 aromatic heterocycles. The van der Waals surface area contributed by atoms with E-state index in [4.69, 9.17) is 4.74 Å². The fraction of sp³-hybridized carbons (Fsp3) is 0.231. The second kappa shape index (κ2) is 6.38. The molecule has 0 aliphatic rings. The molecule has 0 fully saturated rings. The molecule has 19 heavy (non-hydrogen) atoms. The molecule has 0 saturated carbocycles. The van der Waals surface area contributed by atoms with Gasteiger partial charge in [0.25, 0.3) is 5.91 Å². The van der Waals surface area contributed by atoms with Gasteiger partial charge in [0.2, 0.25) is 0 Å². The number of aryl methyl sites for hydroxylation is 1. The highest BCUT2D eigenvalue weighted by Crippen LogP contribution is 2.25. The minimum atomic E-state index is -0.179. The molecule has 1 heterocycles. The number of aromatic nitrogens is 2. The van der Waals surface area contributed by atoms with Gasteiger partial charge in [0.05, 0.1) is 16.7 Å². The van der Waals surface area contributed by atoms with E-state index in [2.05, 4.69) is 31.4 Å².